The highest BCUT2D eigenvalue weighted by atomic mass is 16.5. The summed E-state index contributed by atoms with van der Waals surface area (Å²) in [5.74, 6) is 1.16. The predicted octanol–water partition coefficient (Wildman–Crippen LogP) is 2.09. The van der Waals surface area contributed by atoms with Gasteiger partial charge in [-0.3, -0.25) is 4.79 Å². The van der Waals surface area contributed by atoms with Gasteiger partial charge in [-0.25, -0.2) is 0 Å². The molecule has 5 heteroatoms. The Morgan fingerprint density at radius 1 is 1.08 bits per heavy atom. The lowest BCUT2D eigenvalue weighted by Crippen LogP contribution is -2.38. The van der Waals surface area contributed by atoms with Crippen LogP contribution in [0, 0.1) is 0 Å². The van der Waals surface area contributed by atoms with Gasteiger partial charge in [-0.05, 0) is 75.5 Å². The summed E-state index contributed by atoms with van der Waals surface area (Å²) in [6.45, 7) is 6.45. The van der Waals surface area contributed by atoms with Gasteiger partial charge < -0.3 is 19.9 Å². The Bertz CT molecular complexity index is 585. The topological polar surface area (TPSA) is 44.8 Å². The number of fused-ring (bicyclic) bond motifs is 1. The van der Waals surface area contributed by atoms with Crippen molar-refractivity contribution in [3.63, 3.8) is 0 Å². The van der Waals surface area contributed by atoms with Crippen LogP contribution in [0.4, 0.5) is 0 Å². The summed E-state index contributed by atoms with van der Waals surface area (Å²) in [6, 6.07) is 6.45. The SMILES string of the molecule is CNCC(=O)N1CCc2ccc(OCCCN3CCCCC3)cc2CC1. The Hall–Kier alpha value is -1.59. The Labute approximate surface area is 157 Å². The Balaban J connectivity index is 1.46. The number of ether oxygens (including phenoxy) is 1. The molecule has 0 aliphatic carbocycles. The zero-order valence-corrected chi connectivity index (χ0v) is 16.1. The molecule has 0 saturated carbocycles. The number of likely N-dealkylation sites (N-methyl/N-ethyl adjacent to an activating group) is 1. The van der Waals surface area contributed by atoms with Crippen LogP contribution in [0.5, 0.6) is 5.75 Å². The quantitative estimate of drug-likeness (QED) is 0.757. The zero-order valence-electron chi connectivity index (χ0n) is 16.1. The maximum atomic E-state index is 12.1. The number of rotatable bonds is 7. The molecule has 1 fully saturated rings. The minimum Gasteiger partial charge on any atom is -0.494 e. The predicted molar refractivity (Wildman–Crippen MR) is 105 cm³/mol. The highest BCUT2D eigenvalue weighted by Gasteiger charge is 2.18. The number of carbonyl (C=O) groups excluding carboxylic acids is 1. The number of nitrogens with zero attached hydrogens (tertiary/aromatic N) is 2. The second kappa shape index (κ2) is 9.93. The lowest BCUT2D eigenvalue weighted by atomic mass is 10.0. The van der Waals surface area contributed by atoms with E-state index >= 15 is 0 Å². The fraction of sp³-hybridized carbons (Fsp3) is 0.667. The number of amides is 1. The highest BCUT2D eigenvalue weighted by Crippen LogP contribution is 2.22. The van der Waals surface area contributed by atoms with Crippen molar-refractivity contribution < 1.29 is 9.53 Å². The lowest BCUT2D eigenvalue weighted by Gasteiger charge is -2.26. The molecule has 0 unspecified atom stereocenters. The molecular weight excluding hydrogens is 326 g/mol. The van der Waals surface area contributed by atoms with Crippen LogP contribution in [0.2, 0.25) is 0 Å². The minimum absolute atomic E-state index is 0.189. The third kappa shape index (κ3) is 5.45. The molecule has 26 heavy (non-hydrogen) atoms. The molecule has 0 bridgehead atoms. The number of piperidine rings is 1. The van der Waals surface area contributed by atoms with Gasteiger partial charge in [-0.2, -0.15) is 0 Å². The first kappa shape index (κ1) is 19.2. The summed E-state index contributed by atoms with van der Waals surface area (Å²) in [4.78, 5) is 16.6. The molecule has 2 aliphatic rings. The second-order valence-corrected chi connectivity index (χ2v) is 7.45. The van der Waals surface area contributed by atoms with Gasteiger partial charge >= 0.3 is 0 Å². The van der Waals surface area contributed by atoms with Gasteiger partial charge in [0.1, 0.15) is 5.75 Å². The van der Waals surface area contributed by atoms with Gasteiger partial charge in [0.15, 0.2) is 0 Å². The van der Waals surface area contributed by atoms with Crippen molar-refractivity contribution in [1.82, 2.24) is 15.1 Å². The fourth-order valence-electron chi connectivity index (χ4n) is 3.96. The van der Waals surface area contributed by atoms with Crippen molar-refractivity contribution in [2.45, 2.75) is 38.5 Å². The first-order valence-corrected chi connectivity index (χ1v) is 10.2. The third-order valence-electron chi connectivity index (χ3n) is 5.50. The highest BCUT2D eigenvalue weighted by molar-refractivity contribution is 5.78. The van der Waals surface area contributed by atoms with E-state index in [0.29, 0.717) is 6.54 Å². The number of hydrogen-bond donors (Lipinski definition) is 1. The average Bonchev–Trinajstić information content (AvgIpc) is 2.88. The van der Waals surface area contributed by atoms with Gasteiger partial charge in [0, 0.05) is 19.6 Å². The van der Waals surface area contributed by atoms with E-state index < -0.39 is 0 Å². The van der Waals surface area contributed by atoms with Crippen LogP contribution >= 0.6 is 0 Å². The maximum Gasteiger partial charge on any atom is 0.236 e. The summed E-state index contributed by atoms with van der Waals surface area (Å²) in [5, 5.41) is 2.95. The molecule has 2 heterocycles. The second-order valence-electron chi connectivity index (χ2n) is 7.45. The van der Waals surface area contributed by atoms with Crippen LogP contribution in [-0.4, -0.2) is 68.6 Å². The van der Waals surface area contributed by atoms with Crippen LogP contribution in [0.3, 0.4) is 0 Å². The largest absolute Gasteiger partial charge is 0.494 e. The molecule has 1 N–H and O–H groups in total. The monoisotopic (exact) mass is 359 g/mol. The van der Waals surface area contributed by atoms with Crippen molar-refractivity contribution in [3.05, 3.63) is 29.3 Å². The Kier molecular flexibility index (Phi) is 7.32. The van der Waals surface area contributed by atoms with E-state index in [4.69, 9.17) is 4.74 Å². The first-order valence-electron chi connectivity index (χ1n) is 10.2. The van der Waals surface area contributed by atoms with E-state index in [1.807, 2.05) is 11.9 Å². The number of likely N-dealkylation sites (tertiary alicyclic amines) is 1. The standard InChI is InChI=1S/C21H33N3O2/c1-22-17-21(25)24-13-8-18-6-7-20(16-19(18)9-14-24)26-15-5-12-23-10-3-2-4-11-23/h6-7,16,22H,2-5,8-15,17H2,1H3. The summed E-state index contributed by atoms with van der Waals surface area (Å²) in [6.07, 6.45) is 7.01. The number of carbonyl (C=O) groups is 1. The number of benzene rings is 1. The number of nitrogens with one attached hydrogen (secondary N) is 1. The van der Waals surface area contributed by atoms with Gasteiger partial charge in [0.2, 0.25) is 5.91 Å². The molecule has 2 aliphatic heterocycles. The van der Waals surface area contributed by atoms with Crippen molar-refractivity contribution in [3.8, 4) is 5.75 Å². The molecule has 0 radical (unpaired) electrons. The van der Waals surface area contributed by atoms with Crippen molar-refractivity contribution in [2.75, 3.05) is 52.9 Å². The molecule has 1 aromatic rings. The normalized spacial score (nSPS) is 18.3. The Morgan fingerprint density at radius 3 is 2.62 bits per heavy atom. The van der Waals surface area contributed by atoms with Gasteiger partial charge in [0.05, 0.1) is 13.2 Å². The van der Waals surface area contributed by atoms with E-state index in [1.54, 1.807) is 0 Å². The molecule has 144 valence electrons. The molecule has 1 aromatic carbocycles. The molecule has 3 rings (SSSR count). The van der Waals surface area contributed by atoms with Crippen molar-refractivity contribution >= 4 is 5.91 Å². The van der Waals surface area contributed by atoms with E-state index in [-0.39, 0.29) is 5.91 Å². The average molecular weight is 360 g/mol. The van der Waals surface area contributed by atoms with Gasteiger partial charge in [-0.1, -0.05) is 12.5 Å². The van der Waals surface area contributed by atoms with Crippen LogP contribution in [0.15, 0.2) is 18.2 Å². The van der Waals surface area contributed by atoms with Crippen LogP contribution in [0.25, 0.3) is 0 Å². The third-order valence-corrected chi connectivity index (χ3v) is 5.50. The minimum atomic E-state index is 0.189. The fourth-order valence-corrected chi connectivity index (χ4v) is 3.96. The molecule has 0 spiro atoms. The summed E-state index contributed by atoms with van der Waals surface area (Å²) in [5.41, 5.74) is 2.68. The van der Waals surface area contributed by atoms with Gasteiger partial charge in [0.25, 0.3) is 0 Å². The molecular formula is C21H33N3O2. The van der Waals surface area contributed by atoms with E-state index in [2.05, 4.69) is 28.4 Å². The summed E-state index contributed by atoms with van der Waals surface area (Å²) >= 11 is 0. The van der Waals surface area contributed by atoms with Crippen LogP contribution < -0.4 is 10.1 Å². The molecule has 1 amide bonds. The molecule has 1 saturated heterocycles. The molecule has 0 atom stereocenters. The maximum absolute atomic E-state index is 12.1. The van der Waals surface area contributed by atoms with E-state index in [1.165, 1.54) is 43.5 Å². The van der Waals surface area contributed by atoms with Crippen molar-refractivity contribution in [1.29, 1.82) is 0 Å². The van der Waals surface area contributed by atoms with Crippen LogP contribution in [0.1, 0.15) is 36.8 Å². The number of hydrogen-bond acceptors (Lipinski definition) is 4. The zero-order chi connectivity index (χ0) is 18.2. The van der Waals surface area contributed by atoms with Crippen molar-refractivity contribution in [2.24, 2.45) is 0 Å². The lowest BCUT2D eigenvalue weighted by molar-refractivity contribution is -0.130. The summed E-state index contributed by atoms with van der Waals surface area (Å²) in [7, 11) is 1.82. The molecule has 5 nitrogen and oxygen atoms in total. The van der Waals surface area contributed by atoms with Crippen LogP contribution in [-0.2, 0) is 17.6 Å². The Morgan fingerprint density at radius 2 is 1.85 bits per heavy atom. The molecule has 0 aromatic heterocycles. The van der Waals surface area contributed by atoms with E-state index in [0.717, 1.165) is 51.3 Å². The smallest absolute Gasteiger partial charge is 0.236 e. The van der Waals surface area contributed by atoms with E-state index in [9.17, 15) is 4.79 Å². The van der Waals surface area contributed by atoms with Gasteiger partial charge in [-0.15, -0.1) is 0 Å². The summed E-state index contributed by atoms with van der Waals surface area (Å²) < 4.78 is 6.00. The first-order chi connectivity index (χ1) is 12.8.